The minimum absolute atomic E-state index is 0.125. The monoisotopic (exact) mass is 348 g/mol. The van der Waals surface area contributed by atoms with Crippen LogP contribution in [0.15, 0.2) is 48.5 Å². The Bertz CT molecular complexity index is 1010. The maximum absolute atomic E-state index is 12.9. The van der Waals surface area contributed by atoms with Gasteiger partial charge in [0.25, 0.3) is 5.91 Å². The molecule has 1 saturated heterocycles. The molecule has 0 saturated carbocycles. The van der Waals surface area contributed by atoms with Crippen LogP contribution in [0.3, 0.4) is 0 Å². The van der Waals surface area contributed by atoms with Gasteiger partial charge in [0.15, 0.2) is 0 Å². The van der Waals surface area contributed by atoms with Crippen LogP contribution in [0.4, 0.5) is 11.6 Å². The highest BCUT2D eigenvalue weighted by atomic mass is 16.2. The van der Waals surface area contributed by atoms with E-state index in [1.807, 2.05) is 60.9 Å². The predicted octanol–water partition coefficient (Wildman–Crippen LogP) is 3.11. The average Bonchev–Trinajstić information content (AvgIpc) is 3.11. The summed E-state index contributed by atoms with van der Waals surface area (Å²) >= 11 is 0. The van der Waals surface area contributed by atoms with E-state index in [4.69, 9.17) is 0 Å². The number of aryl methyl sites for hydroxylation is 2. The van der Waals surface area contributed by atoms with Crippen molar-refractivity contribution < 1.29 is 9.59 Å². The van der Waals surface area contributed by atoms with Crippen molar-refractivity contribution in [3.05, 3.63) is 54.1 Å². The molecule has 0 aliphatic carbocycles. The van der Waals surface area contributed by atoms with Crippen molar-refractivity contribution in [1.29, 1.82) is 0 Å². The minimum atomic E-state index is -0.606. The molecule has 1 N–H and O–H groups in total. The van der Waals surface area contributed by atoms with Crippen molar-refractivity contribution in [2.45, 2.75) is 32.9 Å². The predicted molar refractivity (Wildman–Crippen MR) is 101 cm³/mol. The van der Waals surface area contributed by atoms with Crippen LogP contribution in [0.5, 0.6) is 0 Å². The molecule has 6 heteroatoms. The number of amides is 2. The summed E-state index contributed by atoms with van der Waals surface area (Å²) in [4.78, 5) is 31.2. The second-order valence-electron chi connectivity index (χ2n) is 6.48. The van der Waals surface area contributed by atoms with Crippen LogP contribution in [-0.4, -0.2) is 27.4 Å². The number of aromatic nitrogens is 2. The first-order valence-corrected chi connectivity index (χ1v) is 8.73. The van der Waals surface area contributed by atoms with E-state index in [-0.39, 0.29) is 18.2 Å². The van der Waals surface area contributed by atoms with E-state index in [1.165, 1.54) is 4.90 Å². The number of para-hydroxylation sites is 2. The number of nitrogens with one attached hydrogen (secondary N) is 1. The molecular formula is C20H20N4O2. The summed E-state index contributed by atoms with van der Waals surface area (Å²) in [5.74, 6) is 0.179. The third-order valence-corrected chi connectivity index (χ3v) is 4.68. The van der Waals surface area contributed by atoms with Crippen LogP contribution < -0.4 is 10.2 Å². The number of hydrogen-bond acceptors (Lipinski definition) is 4. The van der Waals surface area contributed by atoms with Gasteiger partial charge in [-0.2, -0.15) is 0 Å². The SMILES string of the molecule is CCn1c(N[C@@H]2CC(=O)N(c3cccc(C)c3)C2=O)nc2ccccc21. The lowest BCUT2D eigenvalue weighted by atomic mass is 10.2. The van der Waals surface area contributed by atoms with Gasteiger partial charge in [-0.3, -0.25) is 9.59 Å². The molecule has 2 aromatic carbocycles. The molecule has 3 aromatic rings. The first-order chi connectivity index (χ1) is 12.6. The number of carbonyl (C=O) groups excluding carboxylic acids is 2. The Kier molecular flexibility index (Phi) is 3.95. The zero-order valence-corrected chi connectivity index (χ0v) is 14.8. The Balaban J connectivity index is 1.64. The van der Waals surface area contributed by atoms with Crippen LogP contribution in [0, 0.1) is 6.92 Å². The first-order valence-electron chi connectivity index (χ1n) is 8.73. The molecule has 6 nitrogen and oxygen atoms in total. The molecule has 4 rings (SSSR count). The molecule has 2 heterocycles. The summed E-state index contributed by atoms with van der Waals surface area (Å²) in [6.07, 6.45) is 0.125. The van der Waals surface area contributed by atoms with Gasteiger partial charge in [-0.25, -0.2) is 9.88 Å². The highest BCUT2D eigenvalue weighted by molar-refractivity contribution is 6.23. The van der Waals surface area contributed by atoms with E-state index >= 15 is 0 Å². The summed E-state index contributed by atoms with van der Waals surface area (Å²) < 4.78 is 2.02. The van der Waals surface area contributed by atoms with Crippen LogP contribution in [0.2, 0.25) is 0 Å². The van der Waals surface area contributed by atoms with Gasteiger partial charge in [-0.1, -0.05) is 24.3 Å². The molecule has 1 aromatic heterocycles. The number of imide groups is 1. The molecule has 132 valence electrons. The maximum atomic E-state index is 12.9. The lowest BCUT2D eigenvalue weighted by molar-refractivity contribution is -0.121. The van der Waals surface area contributed by atoms with E-state index in [2.05, 4.69) is 10.3 Å². The Morgan fingerprint density at radius 3 is 2.73 bits per heavy atom. The number of imidazole rings is 1. The van der Waals surface area contributed by atoms with Gasteiger partial charge < -0.3 is 9.88 Å². The van der Waals surface area contributed by atoms with Gasteiger partial charge in [0, 0.05) is 6.54 Å². The molecule has 1 aliphatic heterocycles. The van der Waals surface area contributed by atoms with Gasteiger partial charge in [0.1, 0.15) is 6.04 Å². The number of nitrogens with zero attached hydrogens (tertiary/aromatic N) is 3. The van der Waals surface area contributed by atoms with Crippen molar-refractivity contribution in [3.63, 3.8) is 0 Å². The second-order valence-corrected chi connectivity index (χ2v) is 6.48. The second kappa shape index (κ2) is 6.29. The van der Waals surface area contributed by atoms with Crippen molar-refractivity contribution in [1.82, 2.24) is 9.55 Å². The molecule has 2 amide bonds. The quantitative estimate of drug-likeness (QED) is 0.736. The molecular weight excluding hydrogens is 328 g/mol. The Morgan fingerprint density at radius 1 is 1.15 bits per heavy atom. The fourth-order valence-electron chi connectivity index (χ4n) is 3.44. The lowest BCUT2D eigenvalue weighted by Crippen LogP contribution is -2.35. The van der Waals surface area contributed by atoms with Crippen molar-refractivity contribution in [2.24, 2.45) is 0 Å². The fraction of sp³-hybridized carbons (Fsp3) is 0.250. The molecule has 0 unspecified atom stereocenters. The van der Waals surface area contributed by atoms with E-state index in [9.17, 15) is 9.59 Å². The first kappa shape index (κ1) is 16.3. The number of hydrogen-bond donors (Lipinski definition) is 1. The Hall–Kier alpha value is -3.15. The molecule has 26 heavy (non-hydrogen) atoms. The molecule has 1 aliphatic rings. The average molecular weight is 348 g/mol. The summed E-state index contributed by atoms with van der Waals surface area (Å²) in [5, 5.41) is 3.18. The zero-order valence-electron chi connectivity index (χ0n) is 14.8. The summed E-state index contributed by atoms with van der Waals surface area (Å²) in [6.45, 7) is 4.69. The lowest BCUT2D eigenvalue weighted by Gasteiger charge is -2.16. The standard InChI is InChI=1S/C20H20N4O2/c1-3-23-17-10-5-4-9-15(17)21-20(23)22-16-12-18(25)24(19(16)26)14-8-6-7-13(2)11-14/h4-11,16H,3,12H2,1-2H3,(H,21,22)/t16-/m1/s1. The van der Waals surface area contributed by atoms with E-state index < -0.39 is 6.04 Å². The largest absolute Gasteiger partial charge is 0.343 e. The van der Waals surface area contributed by atoms with Crippen LogP contribution >= 0.6 is 0 Å². The van der Waals surface area contributed by atoms with Crippen molar-refractivity contribution in [2.75, 3.05) is 10.2 Å². The van der Waals surface area contributed by atoms with Crippen molar-refractivity contribution in [3.8, 4) is 0 Å². The smallest absolute Gasteiger partial charge is 0.256 e. The number of benzene rings is 2. The highest BCUT2D eigenvalue weighted by Crippen LogP contribution is 2.27. The number of carbonyl (C=O) groups is 2. The normalized spacial score (nSPS) is 17.3. The summed E-state index contributed by atoms with van der Waals surface area (Å²) in [7, 11) is 0. The molecule has 1 atom stereocenters. The maximum Gasteiger partial charge on any atom is 0.256 e. The van der Waals surface area contributed by atoms with Gasteiger partial charge >= 0.3 is 0 Å². The summed E-state index contributed by atoms with van der Waals surface area (Å²) in [6, 6.07) is 14.6. The van der Waals surface area contributed by atoms with Crippen LogP contribution in [-0.2, 0) is 16.1 Å². The molecule has 0 bridgehead atoms. The van der Waals surface area contributed by atoms with E-state index in [1.54, 1.807) is 6.07 Å². The third kappa shape index (κ3) is 2.63. The fourth-order valence-corrected chi connectivity index (χ4v) is 3.44. The van der Waals surface area contributed by atoms with E-state index in [0.717, 1.165) is 23.1 Å². The minimum Gasteiger partial charge on any atom is -0.343 e. The zero-order chi connectivity index (χ0) is 18.3. The Labute approximate surface area is 151 Å². The number of fused-ring (bicyclic) bond motifs is 1. The Morgan fingerprint density at radius 2 is 1.96 bits per heavy atom. The van der Waals surface area contributed by atoms with Crippen molar-refractivity contribution >= 4 is 34.5 Å². The van der Waals surface area contributed by atoms with Gasteiger partial charge in [0.05, 0.1) is 23.1 Å². The third-order valence-electron chi connectivity index (χ3n) is 4.68. The topological polar surface area (TPSA) is 67.2 Å². The molecule has 0 radical (unpaired) electrons. The number of rotatable bonds is 4. The van der Waals surface area contributed by atoms with E-state index in [0.29, 0.717) is 11.6 Å². The van der Waals surface area contributed by atoms with Gasteiger partial charge in [0.2, 0.25) is 11.9 Å². The highest BCUT2D eigenvalue weighted by Gasteiger charge is 2.40. The summed E-state index contributed by atoms with van der Waals surface area (Å²) in [5.41, 5.74) is 3.49. The van der Waals surface area contributed by atoms with Gasteiger partial charge in [-0.05, 0) is 43.7 Å². The van der Waals surface area contributed by atoms with Crippen LogP contribution in [0.1, 0.15) is 18.9 Å². The van der Waals surface area contributed by atoms with Crippen LogP contribution in [0.25, 0.3) is 11.0 Å². The molecule has 0 spiro atoms. The van der Waals surface area contributed by atoms with Gasteiger partial charge in [-0.15, -0.1) is 0 Å². The number of anilines is 2. The molecule has 1 fully saturated rings.